The third kappa shape index (κ3) is 3.19. The second-order valence-electron chi connectivity index (χ2n) is 5.64. The van der Waals surface area contributed by atoms with Crippen molar-refractivity contribution in [2.45, 2.75) is 57.2 Å². The van der Waals surface area contributed by atoms with Gasteiger partial charge in [0, 0.05) is 25.2 Å². The number of carbonyl (C=O) groups excluding carboxylic acids is 1. The van der Waals surface area contributed by atoms with Gasteiger partial charge in [-0.3, -0.25) is 4.79 Å². The minimum atomic E-state index is -0.359. The van der Waals surface area contributed by atoms with Crippen molar-refractivity contribution in [3.05, 3.63) is 0 Å². The molecule has 4 nitrogen and oxygen atoms in total. The molecule has 0 unspecified atom stereocenters. The first-order valence-electron chi connectivity index (χ1n) is 6.86. The van der Waals surface area contributed by atoms with E-state index >= 15 is 0 Å². The second-order valence-corrected chi connectivity index (χ2v) is 5.64. The molecule has 2 fully saturated rings. The highest BCUT2D eigenvalue weighted by atomic mass is 16.2. The van der Waals surface area contributed by atoms with Crippen LogP contribution in [0, 0.1) is 0 Å². The van der Waals surface area contributed by atoms with E-state index in [9.17, 15) is 4.79 Å². The topological polar surface area (TPSA) is 49.6 Å². The zero-order valence-electron chi connectivity index (χ0n) is 11.1. The summed E-state index contributed by atoms with van der Waals surface area (Å²) in [6.07, 6.45) is 6.15. The molecule has 1 saturated carbocycles. The summed E-state index contributed by atoms with van der Waals surface area (Å²) in [5, 5.41) is 0. The Labute approximate surface area is 104 Å². The first kappa shape index (κ1) is 12.8. The fraction of sp³-hybridized carbons (Fsp3) is 0.923. The Balaban J connectivity index is 1.93. The van der Waals surface area contributed by atoms with E-state index in [0.29, 0.717) is 6.04 Å². The van der Waals surface area contributed by atoms with Gasteiger partial charge in [-0.1, -0.05) is 0 Å². The van der Waals surface area contributed by atoms with Crippen molar-refractivity contribution >= 4 is 5.91 Å². The van der Waals surface area contributed by atoms with Crippen LogP contribution in [0.1, 0.15) is 39.0 Å². The third-order valence-electron chi connectivity index (χ3n) is 3.97. The van der Waals surface area contributed by atoms with Crippen LogP contribution in [0.5, 0.6) is 0 Å². The van der Waals surface area contributed by atoms with Crippen molar-refractivity contribution in [1.82, 2.24) is 9.80 Å². The highest BCUT2D eigenvalue weighted by molar-refractivity contribution is 5.81. The number of rotatable bonds is 4. The molecule has 0 aromatic heterocycles. The Morgan fingerprint density at radius 3 is 2.71 bits per heavy atom. The SMILES string of the molecule is C[C@H](N)C(=O)N1CCCC[C@@H]1CN(C)C1CC1. The van der Waals surface area contributed by atoms with Gasteiger partial charge in [0.25, 0.3) is 0 Å². The number of nitrogens with zero attached hydrogens (tertiary/aromatic N) is 2. The molecule has 0 aromatic carbocycles. The number of nitrogens with two attached hydrogens (primary N) is 1. The summed E-state index contributed by atoms with van der Waals surface area (Å²) < 4.78 is 0. The van der Waals surface area contributed by atoms with E-state index < -0.39 is 0 Å². The normalized spacial score (nSPS) is 27.3. The largest absolute Gasteiger partial charge is 0.337 e. The van der Waals surface area contributed by atoms with Crippen molar-refractivity contribution < 1.29 is 4.79 Å². The van der Waals surface area contributed by atoms with Gasteiger partial charge in [0.15, 0.2) is 0 Å². The summed E-state index contributed by atoms with van der Waals surface area (Å²) in [5.41, 5.74) is 5.73. The van der Waals surface area contributed by atoms with Crippen molar-refractivity contribution in [3.8, 4) is 0 Å². The van der Waals surface area contributed by atoms with Gasteiger partial charge in [-0.2, -0.15) is 0 Å². The lowest BCUT2D eigenvalue weighted by atomic mass is 10.0. The molecule has 1 amide bonds. The van der Waals surface area contributed by atoms with Gasteiger partial charge in [-0.05, 0) is 46.1 Å². The molecule has 1 aliphatic heterocycles. The summed E-state index contributed by atoms with van der Waals surface area (Å²) in [6, 6.07) is 0.791. The quantitative estimate of drug-likeness (QED) is 0.790. The minimum Gasteiger partial charge on any atom is -0.337 e. The molecule has 0 radical (unpaired) electrons. The van der Waals surface area contributed by atoms with Crippen LogP contribution in [0.2, 0.25) is 0 Å². The molecule has 17 heavy (non-hydrogen) atoms. The number of carbonyl (C=O) groups is 1. The average molecular weight is 239 g/mol. The maximum absolute atomic E-state index is 12.1. The van der Waals surface area contributed by atoms with Gasteiger partial charge in [0.05, 0.1) is 6.04 Å². The van der Waals surface area contributed by atoms with Crippen LogP contribution in [0.15, 0.2) is 0 Å². The molecule has 2 atom stereocenters. The van der Waals surface area contributed by atoms with Crippen molar-refractivity contribution in [1.29, 1.82) is 0 Å². The molecule has 0 spiro atoms. The van der Waals surface area contributed by atoms with Gasteiger partial charge in [-0.25, -0.2) is 0 Å². The lowest BCUT2D eigenvalue weighted by molar-refractivity contribution is -0.136. The monoisotopic (exact) mass is 239 g/mol. The standard InChI is InChI=1S/C13H25N3O/c1-10(14)13(17)16-8-4-3-5-12(16)9-15(2)11-6-7-11/h10-12H,3-9,14H2,1-2H3/t10-,12+/m0/s1. The summed E-state index contributed by atoms with van der Waals surface area (Å²) >= 11 is 0. The van der Waals surface area contributed by atoms with Crippen LogP contribution < -0.4 is 5.73 Å². The predicted molar refractivity (Wildman–Crippen MR) is 68.7 cm³/mol. The summed E-state index contributed by atoms with van der Waals surface area (Å²) in [4.78, 5) is 16.5. The molecule has 0 aromatic rings. The molecule has 4 heteroatoms. The van der Waals surface area contributed by atoms with Crippen molar-refractivity contribution in [3.63, 3.8) is 0 Å². The van der Waals surface area contributed by atoms with Crippen LogP contribution in [0.4, 0.5) is 0 Å². The maximum atomic E-state index is 12.1. The number of likely N-dealkylation sites (tertiary alicyclic amines) is 1. The van der Waals surface area contributed by atoms with Crippen LogP contribution in [-0.4, -0.2) is 54.0 Å². The Kier molecular flexibility index (Phi) is 4.05. The Bertz CT molecular complexity index is 276. The van der Waals surface area contributed by atoms with Crippen LogP contribution in [0.3, 0.4) is 0 Å². The van der Waals surface area contributed by atoms with Gasteiger partial charge in [-0.15, -0.1) is 0 Å². The fourth-order valence-electron chi connectivity index (χ4n) is 2.74. The molecule has 0 bridgehead atoms. The Morgan fingerprint density at radius 1 is 1.41 bits per heavy atom. The number of amides is 1. The first-order valence-corrected chi connectivity index (χ1v) is 6.86. The third-order valence-corrected chi connectivity index (χ3v) is 3.97. The molecular weight excluding hydrogens is 214 g/mol. The number of hydrogen-bond donors (Lipinski definition) is 1. The van der Waals surface area contributed by atoms with Crippen LogP contribution >= 0.6 is 0 Å². The smallest absolute Gasteiger partial charge is 0.239 e. The lowest BCUT2D eigenvalue weighted by Crippen LogP contribution is -2.53. The second kappa shape index (κ2) is 5.36. The van der Waals surface area contributed by atoms with E-state index in [2.05, 4.69) is 11.9 Å². The fourth-order valence-corrected chi connectivity index (χ4v) is 2.74. The molecule has 1 saturated heterocycles. The number of hydrogen-bond acceptors (Lipinski definition) is 3. The van der Waals surface area contributed by atoms with Crippen molar-refractivity contribution in [2.75, 3.05) is 20.1 Å². The van der Waals surface area contributed by atoms with E-state index in [-0.39, 0.29) is 11.9 Å². The number of piperidine rings is 1. The highest BCUT2D eigenvalue weighted by Crippen LogP contribution is 2.27. The van der Waals surface area contributed by atoms with Gasteiger partial charge >= 0.3 is 0 Å². The van der Waals surface area contributed by atoms with Gasteiger partial charge in [0.1, 0.15) is 0 Å². The van der Waals surface area contributed by atoms with Crippen molar-refractivity contribution in [2.24, 2.45) is 5.73 Å². The predicted octanol–water partition coefficient (Wildman–Crippen LogP) is 0.809. The zero-order valence-corrected chi connectivity index (χ0v) is 11.1. The van der Waals surface area contributed by atoms with E-state index in [1.807, 2.05) is 4.90 Å². The number of likely N-dealkylation sites (N-methyl/N-ethyl adjacent to an activating group) is 1. The van der Waals surface area contributed by atoms with E-state index in [1.165, 1.54) is 19.3 Å². The minimum absolute atomic E-state index is 0.124. The Hall–Kier alpha value is -0.610. The molecule has 2 rings (SSSR count). The Morgan fingerprint density at radius 2 is 2.12 bits per heavy atom. The van der Waals surface area contributed by atoms with E-state index in [1.54, 1.807) is 6.92 Å². The first-order chi connectivity index (χ1) is 8.09. The van der Waals surface area contributed by atoms with Crippen LogP contribution in [-0.2, 0) is 4.79 Å². The molecule has 98 valence electrons. The lowest BCUT2D eigenvalue weighted by Gasteiger charge is -2.38. The summed E-state index contributed by atoms with van der Waals surface area (Å²) in [7, 11) is 2.18. The van der Waals surface area contributed by atoms with E-state index in [4.69, 9.17) is 5.73 Å². The van der Waals surface area contributed by atoms with Crippen LogP contribution in [0.25, 0.3) is 0 Å². The molecule has 2 aliphatic rings. The average Bonchev–Trinajstić information content (AvgIpc) is 3.12. The van der Waals surface area contributed by atoms with E-state index in [0.717, 1.165) is 32.0 Å². The molecular formula is C13H25N3O. The summed E-state index contributed by atoms with van der Waals surface area (Å²) in [6.45, 7) is 3.70. The molecule has 1 heterocycles. The molecule has 2 N–H and O–H groups in total. The van der Waals surface area contributed by atoms with Gasteiger partial charge < -0.3 is 15.5 Å². The van der Waals surface area contributed by atoms with Gasteiger partial charge in [0.2, 0.25) is 5.91 Å². The molecule has 1 aliphatic carbocycles. The maximum Gasteiger partial charge on any atom is 0.239 e. The zero-order chi connectivity index (χ0) is 12.4. The summed E-state index contributed by atoms with van der Waals surface area (Å²) in [5.74, 6) is 0.124. The highest BCUT2D eigenvalue weighted by Gasteiger charge is 2.33.